The molecule has 1 fully saturated rings. The molecular weight excluding hydrogens is 424 g/mol. The van der Waals surface area contributed by atoms with Crippen molar-refractivity contribution in [2.45, 2.75) is 25.8 Å². The molecule has 0 spiro atoms. The Bertz CT molecular complexity index is 1030. The first-order valence-electron chi connectivity index (χ1n) is 9.11. The van der Waals surface area contributed by atoms with Crippen molar-refractivity contribution in [1.29, 1.82) is 0 Å². The number of benzene rings is 1. The summed E-state index contributed by atoms with van der Waals surface area (Å²) in [6.07, 6.45) is 4.07. The summed E-state index contributed by atoms with van der Waals surface area (Å²) in [4.78, 5) is 25.4. The zero-order chi connectivity index (χ0) is 21.0. The first kappa shape index (κ1) is 21.4. The molecule has 2 aromatic rings. The van der Waals surface area contributed by atoms with Gasteiger partial charge in [0.05, 0.1) is 10.9 Å². The van der Waals surface area contributed by atoms with E-state index in [9.17, 15) is 9.59 Å². The SMILES string of the molecule is CC(c1ccccc1)n1cccc(C=C2SC(=S)N(CCCC(=O)O)C2=O)c1=S. The fourth-order valence-electron chi connectivity index (χ4n) is 3.06. The topological polar surface area (TPSA) is 62.5 Å². The second-order valence-corrected chi connectivity index (χ2v) is 8.66. The molecule has 1 amide bonds. The van der Waals surface area contributed by atoms with E-state index in [0.29, 0.717) is 26.8 Å². The molecule has 1 N–H and O–H groups in total. The summed E-state index contributed by atoms with van der Waals surface area (Å²) in [7, 11) is 0. The van der Waals surface area contributed by atoms with Crippen LogP contribution < -0.4 is 0 Å². The molecule has 1 unspecified atom stereocenters. The first-order chi connectivity index (χ1) is 13.9. The van der Waals surface area contributed by atoms with Crippen LogP contribution in [0.2, 0.25) is 0 Å². The molecule has 1 aromatic heterocycles. The van der Waals surface area contributed by atoms with Crippen LogP contribution in [0.3, 0.4) is 0 Å². The number of nitrogens with zero attached hydrogens (tertiary/aromatic N) is 2. The van der Waals surface area contributed by atoms with Gasteiger partial charge in [-0.15, -0.1) is 0 Å². The van der Waals surface area contributed by atoms with E-state index < -0.39 is 5.97 Å². The van der Waals surface area contributed by atoms with Crippen LogP contribution in [0.1, 0.15) is 36.9 Å². The second-order valence-electron chi connectivity index (χ2n) is 6.59. The summed E-state index contributed by atoms with van der Waals surface area (Å²) in [6.45, 7) is 2.38. The minimum atomic E-state index is -0.886. The van der Waals surface area contributed by atoms with E-state index in [1.165, 1.54) is 16.7 Å². The highest BCUT2D eigenvalue weighted by Gasteiger charge is 2.31. The van der Waals surface area contributed by atoms with Gasteiger partial charge in [-0.2, -0.15) is 0 Å². The summed E-state index contributed by atoms with van der Waals surface area (Å²) >= 11 is 12.2. The average Bonchev–Trinajstić information content (AvgIpc) is 2.97. The van der Waals surface area contributed by atoms with Crippen molar-refractivity contribution in [2.75, 3.05) is 6.54 Å². The fourth-order valence-corrected chi connectivity index (χ4v) is 4.70. The molecule has 5 nitrogen and oxygen atoms in total. The van der Waals surface area contributed by atoms with E-state index >= 15 is 0 Å². The van der Waals surface area contributed by atoms with Crippen LogP contribution in [0.25, 0.3) is 6.08 Å². The van der Waals surface area contributed by atoms with Crippen molar-refractivity contribution in [3.63, 3.8) is 0 Å². The van der Waals surface area contributed by atoms with Gasteiger partial charge in [-0.1, -0.05) is 72.6 Å². The number of carboxylic acids is 1. The van der Waals surface area contributed by atoms with Gasteiger partial charge in [-0.25, -0.2) is 0 Å². The number of carbonyl (C=O) groups excluding carboxylic acids is 1. The number of aliphatic carboxylic acids is 1. The third-order valence-corrected chi connectivity index (χ3v) is 6.46. The molecule has 1 saturated heterocycles. The number of pyridine rings is 1. The third-order valence-electron chi connectivity index (χ3n) is 4.64. The van der Waals surface area contributed by atoms with Gasteiger partial charge in [0.15, 0.2) is 0 Å². The second kappa shape index (κ2) is 9.47. The van der Waals surface area contributed by atoms with E-state index in [2.05, 4.69) is 19.1 Å². The Hall–Kier alpha value is -2.29. The normalized spacial score (nSPS) is 16.4. The lowest BCUT2D eigenvalue weighted by atomic mass is 10.1. The minimum Gasteiger partial charge on any atom is -0.481 e. The molecule has 0 radical (unpaired) electrons. The van der Waals surface area contributed by atoms with Crippen LogP contribution in [-0.2, 0) is 9.59 Å². The number of aromatic nitrogens is 1. The zero-order valence-corrected chi connectivity index (χ0v) is 18.2. The maximum Gasteiger partial charge on any atom is 0.303 e. The molecule has 1 aliphatic heterocycles. The van der Waals surface area contributed by atoms with Crippen LogP contribution >= 0.6 is 36.2 Å². The number of amides is 1. The van der Waals surface area contributed by atoms with Gasteiger partial charge >= 0.3 is 5.97 Å². The molecule has 0 saturated carbocycles. The van der Waals surface area contributed by atoms with Crippen LogP contribution in [-0.4, -0.2) is 37.3 Å². The molecular formula is C21H20N2O3S3. The Morgan fingerprint density at radius 1 is 1.21 bits per heavy atom. The van der Waals surface area contributed by atoms with Gasteiger partial charge in [-0.3, -0.25) is 14.5 Å². The predicted molar refractivity (Wildman–Crippen MR) is 122 cm³/mol. The largest absolute Gasteiger partial charge is 0.481 e. The molecule has 1 aliphatic rings. The number of thiocarbonyl (C=S) groups is 1. The van der Waals surface area contributed by atoms with Crippen LogP contribution in [0, 0.1) is 4.64 Å². The quantitative estimate of drug-likeness (QED) is 0.484. The Labute approximate surface area is 184 Å². The lowest BCUT2D eigenvalue weighted by molar-refractivity contribution is -0.137. The fraction of sp³-hybridized carbons (Fsp3) is 0.238. The Balaban J connectivity index is 1.84. The molecule has 0 bridgehead atoms. The maximum absolute atomic E-state index is 12.7. The van der Waals surface area contributed by atoms with Gasteiger partial charge in [-0.05, 0) is 31.1 Å². The summed E-state index contributed by atoms with van der Waals surface area (Å²) < 4.78 is 3.09. The number of rotatable bonds is 7. The van der Waals surface area contributed by atoms with Crippen molar-refractivity contribution in [1.82, 2.24) is 9.47 Å². The zero-order valence-electron chi connectivity index (χ0n) is 15.8. The summed E-state index contributed by atoms with van der Waals surface area (Å²) in [5.41, 5.74) is 1.92. The third kappa shape index (κ3) is 5.01. The molecule has 29 heavy (non-hydrogen) atoms. The number of hydrogen-bond donors (Lipinski definition) is 1. The summed E-state index contributed by atoms with van der Waals surface area (Å²) in [6, 6.07) is 13.9. The molecule has 150 valence electrons. The van der Waals surface area contributed by atoms with Crippen molar-refractivity contribution >= 4 is 58.5 Å². The number of carbonyl (C=O) groups is 2. The first-order valence-corrected chi connectivity index (χ1v) is 10.7. The predicted octanol–water partition coefficient (Wildman–Crippen LogP) is 4.89. The molecule has 1 atom stereocenters. The number of carboxylic acid groups (broad SMARTS) is 1. The van der Waals surface area contributed by atoms with Crippen LogP contribution in [0.5, 0.6) is 0 Å². The van der Waals surface area contributed by atoms with E-state index in [0.717, 1.165) is 11.1 Å². The number of hydrogen-bond acceptors (Lipinski definition) is 5. The Morgan fingerprint density at radius 3 is 2.62 bits per heavy atom. The lowest BCUT2D eigenvalue weighted by Crippen LogP contribution is -2.29. The van der Waals surface area contributed by atoms with Crippen LogP contribution in [0.4, 0.5) is 0 Å². The average molecular weight is 445 g/mol. The van der Waals surface area contributed by atoms with Gasteiger partial charge < -0.3 is 9.67 Å². The van der Waals surface area contributed by atoms with Crippen molar-refractivity contribution in [3.8, 4) is 0 Å². The monoisotopic (exact) mass is 444 g/mol. The van der Waals surface area contributed by atoms with Gasteiger partial charge in [0.2, 0.25) is 0 Å². The number of thioether (sulfide) groups is 1. The summed E-state index contributed by atoms with van der Waals surface area (Å²) in [5.74, 6) is -1.09. The molecule has 0 aliphatic carbocycles. The highest BCUT2D eigenvalue weighted by atomic mass is 32.2. The molecule has 8 heteroatoms. The highest BCUT2D eigenvalue weighted by molar-refractivity contribution is 8.26. The standard InChI is InChI=1S/C21H20N2O3S3/c1-14(15-7-3-2-4-8-15)22-11-5-9-16(20(22)27)13-17-19(26)23(21(28)29-17)12-6-10-18(24)25/h2-5,7-9,11,13-14H,6,10,12H2,1H3,(H,24,25). The van der Waals surface area contributed by atoms with Gasteiger partial charge in [0.25, 0.3) is 5.91 Å². The highest BCUT2D eigenvalue weighted by Crippen LogP contribution is 2.33. The Morgan fingerprint density at radius 2 is 1.93 bits per heavy atom. The van der Waals surface area contributed by atoms with E-state index in [4.69, 9.17) is 29.5 Å². The molecule has 3 rings (SSSR count). The van der Waals surface area contributed by atoms with Crippen LogP contribution in [0.15, 0.2) is 53.6 Å². The lowest BCUT2D eigenvalue weighted by Gasteiger charge is -2.17. The van der Waals surface area contributed by atoms with Gasteiger partial charge in [0, 0.05) is 24.7 Å². The summed E-state index contributed by atoms with van der Waals surface area (Å²) in [5, 5.41) is 8.78. The molecule has 1 aromatic carbocycles. The van der Waals surface area contributed by atoms with Crippen molar-refractivity contribution < 1.29 is 14.7 Å². The molecule has 2 heterocycles. The minimum absolute atomic E-state index is 0.00246. The Kier molecular flexibility index (Phi) is 7.00. The van der Waals surface area contributed by atoms with Crippen molar-refractivity contribution in [3.05, 3.63) is 69.3 Å². The van der Waals surface area contributed by atoms with E-state index in [1.807, 2.05) is 41.1 Å². The maximum atomic E-state index is 12.7. The smallest absolute Gasteiger partial charge is 0.303 e. The van der Waals surface area contributed by atoms with Crippen molar-refractivity contribution in [2.24, 2.45) is 0 Å². The van der Waals surface area contributed by atoms with E-state index in [1.54, 1.807) is 6.08 Å². The van der Waals surface area contributed by atoms with Gasteiger partial charge in [0.1, 0.15) is 8.96 Å². The van der Waals surface area contributed by atoms with E-state index in [-0.39, 0.29) is 18.4 Å².